The van der Waals surface area contributed by atoms with Gasteiger partial charge in [-0.3, -0.25) is 9.59 Å². The number of unbranched alkanes of at least 4 members (excludes halogenated alkanes) is 1. The first kappa shape index (κ1) is 16.0. The molecule has 0 spiro atoms. The Bertz CT molecular complexity index is 431. The van der Waals surface area contributed by atoms with Crippen molar-refractivity contribution in [3.63, 3.8) is 0 Å². The van der Waals surface area contributed by atoms with Gasteiger partial charge in [0.05, 0.1) is 18.6 Å². The van der Waals surface area contributed by atoms with Crippen LogP contribution in [0.25, 0.3) is 0 Å². The van der Waals surface area contributed by atoms with Gasteiger partial charge in [0.25, 0.3) is 0 Å². The molecule has 0 N–H and O–H groups in total. The van der Waals surface area contributed by atoms with Gasteiger partial charge in [-0.25, -0.2) is 0 Å². The highest BCUT2D eigenvalue weighted by Gasteiger charge is 2.56. The number of carbonyl (C=O) groups is 2. The smallest absolute Gasteiger partial charge is 0.309 e. The number of ketones is 1. The fourth-order valence-corrected chi connectivity index (χ4v) is 4.78. The van der Waals surface area contributed by atoms with Crippen LogP contribution in [0.4, 0.5) is 0 Å². The summed E-state index contributed by atoms with van der Waals surface area (Å²) in [5.74, 6) is 1.43. The number of rotatable bonds is 8. The van der Waals surface area contributed by atoms with Gasteiger partial charge in [0, 0.05) is 6.42 Å². The van der Waals surface area contributed by atoms with Crippen molar-refractivity contribution in [2.45, 2.75) is 71.0 Å². The molecule has 4 fully saturated rings. The number of hydrogen-bond donors (Lipinski definition) is 0. The van der Waals surface area contributed by atoms with Crippen LogP contribution in [0.3, 0.4) is 0 Å². The van der Waals surface area contributed by atoms with Gasteiger partial charge in [-0.05, 0) is 50.4 Å². The summed E-state index contributed by atoms with van der Waals surface area (Å²) in [6.45, 7) is 4.29. The van der Waals surface area contributed by atoms with Crippen molar-refractivity contribution >= 4 is 11.8 Å². The molecule has 2 heterocycles. The van der Waals surface area contributed by atoms with Crippen LogP contribution in [-0.4, -0.2) is 30.6 Å². The summed E-state index contributed by atoms with van der Waals surface area (Å²) in [7, 11) is 0. The first-order chi connectivity index (χ1) is 10.6. The monoisotopic (exact) mass is 308 g/mol. The highest BCUT2D eigenvalue weighted by atomic mass is 16.5. The highest BCUT2D eigenvalue weighted by molar-refractivity contribution is 5.88. The zero-order chi connectivity index (χ0) is 15.7. The second-order valence-corrected chi connectivity index (χ2v) is 7.25. The van der Waals surface area contributed by atoms with Crippen LogP contribution in [0.15, 0.2) is 0 Å². The maximum atomic E-state index is 12.7. The molecule has 4 aliphatic rings. The van der Waals surface area contributed by atoms with Crippen molar-refractivity contribution in [3.05, 3.63) is 0 Å². The van der Waals surface area contributed by atoms with E-state index in [9.17, 15) is 9.59 Å². The van der Waals surface area contributed by atoms with Gasteiger partial charge in [-0.2, -0.15) is 0 Å². The van der Waals surface area contributed by atoms with E-state index in [1.165, 1.54) is 6.42 Å². The molecule has 0 radical (unpaired) electrons. The Morgan fingerprint density at radius 1 is 1.18 bits per heavy atom. The quantitative estimate of drug-likeness (QED) is 0.646. The lowest BCUT2D eigenvalue weighted by Gasteiger charge is -2.41. The van der Waals surface area contributed by atoms with E-state index in [1.54, 1.807) is 0 Å². The molecule has 22 heavy (non-hydrogen) atoms. The molecule has 6 atom stereocenters. The number of ether oxygens (including phenoxy) is 2. The fraction of sp³-hybridized carbons (Fsp3) is 0.889. The Hall–Kier alpha value is -0.900. The Balaban J connectivity index is 1.60. The van der Waals surface area contributed by atoms with E-state index in [0.29, 0.717) is 36.9 Å². The normalized spacial score (nSPS) is 36.5. The summed E-state index contributed by atoms with van der Waals surface area (Å²) >= 11 is 0. The van der Waals surface area contributed by atoms with E-state index in [-0.39, 0.29) is 23.8 Å². The lowest BCUT2D eigenvalue weighted by Crippen LogP contribution is -2.47. The average molecular weight is 308 g/mol. The number of carbonyl (C=O) groups excluding carboxylic acids is 2. The van der Waals surface area contributed by atoms with E-state index in [0.717, 1.165) is 32.1 Å². The van der Waals surface area contributed by atoms with Crippen LogP contribution in [0.2, 0.25) is 0 Å². The van der Waals surface area contributed by atoms with Crippen molar-refractivity contribution in [3.8, 4) is 0 Å². The van der Waals surface area contributed by atoms with Gasteiger partial charge < -0.3 is 9.47 Å². The number of esters is 1. The van der Waals surface area contributed by atoms with Crippen LogP contribution < -0.4 is 0 Å². The maximum absolute atomic E-state index is 12.7. The van der Waals surface area contributed by atoms with Gasteiger partial charge >= 0.3 is 5.97 Å². The maximum Gasteiger partial charge on any atom is 0.309 e. The summed E-state index contributed by atoms with van der Waals surface area (Å²) in [5, 5.41) is 0. The summed E-state index contributed by atoms with van der Waals surface area (Å²) < 4.78 is 11.2. The minimum atomic E-state index is -0.286. The Morgan fingerprint density at radius 2 is 2.00 bits per heavy atom. The predicted octanol–water partition coefficient (Wildman–Crippen LogP) is 3.13. The molecular weight excluding hydrogens is 280 g/mol. The molecule has 2 aliphatic heterocycles. The largest absolute Gasteiger partial charge is 0.466 e. The molecule has 2 saturated carbocycles. The van der Waals surface area contributed by atoms with Crippen molar-refractivity contribution in [2.24, 2.45) is 23.7 Å². The van der Waals surface area contributed by atoms with Gasteiger partial charge in [-0.1, -0.05) is 19.8 Å². The molecule has 4 rings (SSSR count). The van der Waals surface area contributed by atoms with Crippen LogP contribution in [0.1, 0.15) is 58.8 Å². The highest BCUT2D eigenvalue weighted by Crippen LogP contribution is 2.56. The lowest BCUT2D eigenvalue weighted by molar-refractivity contribution is -0.164. The summed E-state index contributed by atoms with van der Waals surface area (Å²) in [6.07, 6.45) is 6.63. The second kappa shape index (κ2) is 6.69. The van der Waals surface area contributed by atoms with E-state index in [1.807, 2.05) is 6.92 Å². The Morgan fingerprint density at radius 3 is 2.59 bits per heavy atom. The molecule has 0 aromatic rings. The second-order valence-electron chi connectivity index (χ2n) is 7.25. The Kier molecular flexibility index (Phi) is 4.86. The Labute approximate surface area is 132 Å². The number of fused-ring (bicyclic) bond motifs is 1. The minimum absolute atomic E-state index is 0.134. The van der Waals surface area contributed by atoms with Crippen molar-refractivity contribution in [2.75, 3.05) is 6.61 Å². The molecular formula is C18H28O4. The number of Topliss-reactive ketones (excluding diaryl/α,β-unsaturated/α-hetero) is 1. The molecule has 4 bridgehead atoms. The third-order valence-corrected chi connectivity index (χ3v) is 5.85. The van der Waals surface area contributed by atoms with Crippen LogP contribution in [0, 0.1) is 23.7 Å². The van der Waals surface area contributed by atoms with E-state index in [2.05, 4.69) is 6.92 Å². The van der Waals surface area contributed by atoms with Gasteiger partial charge in [-0.15, -0.1) is 0 Å². The van der Waals surface area contributed by atoms with Gasteiger partial charge in [0.2, 0.25) is 0 Å². The standard InChI is InChI=1S/C18H28O4/c1-3-5-6-11(18(20)21-4-2)9-15(19)17-14-8-13-7-12(14)10-16(13)22-17/h11-14,16-17H,3-10H2,1-2H3. The lowest BCUT2D eigenvalue weighted by atomic mass is 9.77. The fourth-order valence-electron chi connectivity index (χ4n) is 4.78. The molecule has 2 aliphatic carbocycles. The zero-order valence-corrected chi connectivity index (χ0v) is 13.8. The topological polar surface area (TPSA) is 52.6 Å². The molecule has 0 aromatic carbocycles. The van der Waals surface area contributed by atoms with Crippen LogP contribution in [-0.2, 0) is 19.1 Å². The molecule has 124 valence electrons. The average Bonchev–Trinajstić information content (AvgIpc) is 3.07. The summed E-state index contributed by atoms with van der Waals surface area (Å²) in [5.41, 5.74) is 0. The molecule has 4 nitrogen and oxygen atoms in total. The van der Waals surface area contributed by atoms with Crippen molar-refractivity contribution < 1.29 is 19.1 Å². The van der Waals surface area contributed by atoms with Crippen LogP contribution >= 0.6 is 0 Å². The molecule has 4 heteroatoms. The zero-order valence-electron chi connectivity index (χ0n) is 13.8. The van der Waals surface area contributed by atoms with Crippen molar-refractivity contribution in [1.29, 1.82) is 0 Å². The van der Waals surface area contributed by atoms with Crippen LogP contribution in [0.5, 0.6) is 0 Å². The molecule has 6 unspecified atom stereocenters. The summed E-state index contributed by atoms with van der Waals surface area (Å²) in [6, 6.07) is 0. The molecule has 0 aromatic heterocycles. The third-order valence-electron chi connectivity index (χ3n) is 5.85. The van der Waals surface area contributed by atoms with E-state index >= 15 is 0 Å². The number of hydrogen-bond acceptors (Lipinski definition) is 4. The predicted molar refractivity (Wildman–Crippen MR) is 82.3 cm³/mol. The SMILES string of the molecule is CCCCC(CC(=O)C1OC2CC3CC2CC31)C(=O)OCC. The summed E-state index contributed by atoms with van der Waals surface area (Å²) in [4.78, 5) is 24.8. The molecule has 2 saturated heterocycles. The molecule has 0 amide bonds. The third kappa shape index (κ3) is 2.94. The van der Waals surface area contributed by atoms with Crippen molar-refractivity contribution in [1.82, 2.24) is 0 Å². The first-order valence-corrected chi connectivity index (χ1v) is 8.98. The van der Waals surface area contributed by atoms with E-state index in [4.69, 9.17) is 9.47 Å². The van der Waals surface area contributed by atoms with Gasteiger partial charge in [0.1, 0.15) is 6.10 Å². The minimum Gasteiger partial charge on any atom is -0.466 e. The first-order valence-electron chi connectivity index (χ1n) is 8.98. The van der Waals surface area contributed by atoms with Gasteiger partial charge in [0.15, 0.2) is 5.78 Å². The van der Waals surface area contributed by atoms with E-state index < -0.39 is 0 Å².